The average Bonchev–Trinajstić information content (AvgIpc) is 2.96. The SMILES string of the molecule is O=S(=O)(Nc1cc(-c2ccccc2)on1)c1ccccc1F. The molecule has 5 nitrogen and oxygen atoms in total. The van der Waals surface area contributed by atoms with Crippen molar-refractivity contribution < 1.29 is 17.3 Å². The maximum atomic E-state index is 13.6. The third kappa shape index (κ3) is 2.84. The number of hydrogen-bond donors (Lipinski definition) is 1. The van der Waals surface area contributed by atoms with Crippen molar-refractivity contribution in [3.05, 3.63) is 66.5 Å². The molecule has 0 saturated carbocycles. The van der Waals surface area contributed by atoms with E-state index in [1.54, 1.807) is 12.1 Å². The van der Waals surface area contributed by atoms with E-state index in [1.807, 2.05) is 18.2 Å². The molecule has 112 valence electrons. The fraction of sp³-hybridized carbons (Fsp3) is 0. The third-order valence-corrected chi connectivity index (χ3v) is 4.32. The molecule has 1 N–H and O–H groups in total. The molecule has 1 aromatic heterocycles. The zero-order chi connectivity index (χ0) is 15.6. The van der Waals surface area contributed by atoms with Gasteiger partial charge in [-0.1, -0.05) is 47.6 Å². The Morgan fingerprint density at radius 1 is 1.00 bits per heavy atom. The van der Waals surface area contributed by atoms with Gasteiger partial charge < -0.3 is 4.52 Å². The summed E-state index contributed by atoms with van der Waals surface area (Å²) < 4.78 is 45.2. The lowest BCUT2D eigenvalue weighted by Gasteiger charge is -2.05. The van der Waals surface area contributed by atoms with Crippen LogP contribution in [-0.4, -0.2) is 13.6 Å². The Balaban J connectivity index is 1.88. The number of aromatic nitrogens is 1. The standard InChI is InChI=1S/C15H11FN2O3S/c16-12-8-4-5-9-14(12)22(19,20)18-15-10-13(21-17-15)11-6-2-1-3-7-11/h1-10H,(H,17,18). The first kappa shape index (κ1) is 14.3. The lowest BCUT2D eigenvalue weighted by Crippen LogP contribution is -2.14. The van der Waals surface area contributed by atoms with Crippen molar-refractivity contribution in [2.75, 3.05) is 4.72 Å². The molecule has 1 heterocycles. The van der Waals surface area contributed by atoms with Gasteiger partial charge in [-0.15, -0.1) is 0 Å². The molecule has 0 fully saturated rings. The van der Waals surface area contributed by atoms with Crippen LogP contribution in [0.15, 0.2) is 70.1 Å². The van der Waals surface area contributed by atoms with Gasteiger partial charge in [-0.25, -0.2) is 12.8 Å². The minimum absolute atomic E-state index is 0.0119. The Kier molecular flexibility index (Phi) is 3.64. The highest BCUT2D eigenvalue weighted by molar-refractivity contribution is 7.92. The number of sulfonamides is 1. The first-order valence-corrected chi connectivity index (χ1v) is 7.84. The van der Waals surface area contributed by atoms with Crippen LogP contribution < -0.4 is 4.72 Å². The smallest absolute Gasteiger partial charge is 0.266 e. The molecule has 0 bridgehead atoms. The van der Waals surface area contributed by atoms with E-state index < -0.39 is 20.7 Å². The van der Waals surface area contributed by atoms with Gasteiger partial charge in [0, 0.05) is 11.6 Å². The van der Waals surface area contributed by atoms with Gasteiger partial charge in [0.1, 0.15) is 10.7 Å². The number of nitrogens with zero attached hydrogens (tertiary/aromatic N) is 1. The summed E-state index contributed by atoms with van der Waals surface area (Å²) in [6, 6.07) is 15.6. The first-order chi connectivity index (χ1) is 10.6. The summed E-state index contributed by atoms with van der Waals surface area (Å²) in [7, 11) is -4.06. The summed E-state index contributed by atoms with van der Waals surface area (Å²) in [4.78, 5) is -0.445. The van der Waals surface area contributed by atoms with Crippen molar-refractivity contribution in [2.24, 2.45) is 0 Å². The van der Waals surface area contributed by atoms with E-state index in [0.717, 1.165) is 11.6 Å². The van der Waals surface area contributed by atoms with Crippen LogP contribution in [0.4, 0.5) is 10.2 Å². The molecule has 0 spiro atoms. The van der Waals surface area contributed by atoms with Crippen LogP contribution in [0.1, 0.15) is 0 Å². The van der Waals surface area contributed by atoms with Gasteiger partial charge in [0.2, 0.25) is 0 Å². The maximum Gasteiger partial charge on any atom is 0.266 e. The number of hydrogen-bond acceptors (Lipinski definition) is 4. The predicted molar refractivity (Wildman–Crippen MR) is 79.1 cm³/mol. The molecule has 0 aliphatic carbocycles. The second-order valence-electron chi connectivity index (χ2n) is 4.48. The second kappa shape index (κ2) is 5.61. The Labute approximate surface area is 126 Å². The molecule has 0 aliphatic heterocycles. The van der Waals surface area contributed by atoms with Crippen LogP contribution in [0, 0.1) is 5.82 Å². The molecule has 0 radical (unpaired) electrons. The van der Waals surface area contributed by atoms with Gasteiger partial charge in [0.15, 0.2) is 11.6 Å². The van der Waals surface area contributed by atoms with E-state index >= 15 is 0 Å². The van der Waals surface area contributed by atoms with Gasteiger partial charge in [0.05, 0.1) is 0 Å². The Bertz CT molecular complexity index is 892. The van der Waals surface area contributed by atoms with E-state index in [-0.39, 0.29) is 5.82 Å². The molecule has 22 heavy (non-hydrogen) atoms. The van der Waals surface area contributed by atoms with Crippen molar-refractivity contribution in [2.45, 2.75) is 4.90 Å². The summed E-state index contributed by atoms with van der Waals surface area (Å²) >= 11 is 0. The van der Waals surface area contributed by atoms with Gasteiger partial charge in [-0.2, -0.15) is 0 Å². The van der Waals surface area contributed by atoms with Crippen LogP contribution in [0.25, 0.3) is 11.3 Å². The normalized spacial score (nSPS) is 11.3. The molecule has 0 amide bonds. The molecule has 2 aromatic carbocycles. The first-order valence-electron chi connectivity index (χ1n) is 6.36. The largest absolute Gasteiger partial charge is 0.354 e. The second-order valence-corrected chi connectivity index (χ2v) is 6.13. The zero-order valence-corrected chi connectivity index (χ0v) is 12.0. The van der Waals surface area contributed by atoms with Crippen molar-refractivity contribution >= 4 is 15.8 Å². The van der Waals surface area contributed by atoms with Gasteiger partial charge in [-0.3, -0.25) is 4.72 Å². The minimum Gasteiger partial charge on any atom is -0.354 e. The van der Waals surface area contributed by atoms with Crippen LogP contribution in [0.2, 0.25) is 0 Å². The quantitative estimate of drug-likeness (QED) is 0.801. The molecule has 7 heteroatoms. The third-order valence-electron chi connectivity index (χ3n) is 2.93. The van der Waals surface area contributed by atoms with E-state index in [2.05, 4.69) is 9.88 Å². The highest BCUT2D eigenvalue weighted by Gasteiger charge is 2.20. The molecular weight excluding hydrogens is 307 g/mol. The predicted octanol–water partition coefficient (Wildman–Crippen LogP) is 3.28. The molecule has 0 atom stereocenters. The summed E-state index contributed by atoms with van der Waals surface area (Å²) in [5, 5.41) is 3.65. The number of anilines is 1. The number of rotatable bonds is 4. The van der Waals surface area contributed by atoms with E-state index in [0.29, 0.717) is 5.76 Å². The molecule has 3 aromatic rings. The molecule has 0 unspecified atom stereocenters. The number of nitrogens with one attached hydrogen (secondary N) is 1. The van der Waals surface area contributed by atoms with Gasteiger partial charge in [-0.05, 0) is 12.1 Å². The minimum atomic E-state index is -4.06. The molecule has 0 aliphatic rings. The highest BCUT2D eigenvalue weighted by atomic mass is 32.2. The van der Waals surface area contributed by atoms with E-state index in [9.17, 15) is 12.8 Å². The van der Waals surface area contributed by atoms with Crippen LogP contribution in [0.3, 0.4) is 0 Å². The summed E-state index contributed by atoms with van der Waals surface area (Å²) in [5.41, 5.74) is 0.756. The van der Waals surface area contributed by atoms with Crippen LogP contribution in [0.5, 0.6) is 0 Å². The average molecular weight is 318 g/mol. The Morgan fingerprint density at radius 2 is 1.68 bits per heavy atom. The topological polar surface area (TPSA) is 72.2 Å². The van der Waals surface area contributed by atoms with Gasteiger partial charge in [0.25, 0.3) is 10.0 Å². The summed E-state index contributed by atoms with van der Waals surface area (Å²) in [5.74, 6) is -0.435. The van der Waals surface area contributed by atoms with Crippen LogP contribution >= 0.6 is 0 Å². The van der Waals surface area contributed by atoms with Crippen molar-refractivity contribution in [1.29, 1.82) is 0 Å². The fourth-order valence-electron chi connectivity index (χ4n) is 1.92. The number of benzene rings is 2. The van der Waals surface area contributed by atoms with Gasteiger partial charge >= 0.3 is 0 Å². The Morgan fingerprint density at radius 3 is 2.41 bits per heavy atom. The monoisotopic (exact) mass is 318 g/mol. The molecular formula is C15H11FN2O3S. The fourth-order valence-corrected chi connectivity index (χ4v) is 2.98. The summed E-state index contributed by atoms with van der Waals surface area (Å²) in [6.45, 7) is 0. The number of halogens is 1. The van der Waals surface area contributed by atoms with E-state index in [1.165, 1.54) is 24.3 Å². The molecule has 0 saturated heterocycles. The maximum absolute atomic E-state index is 13.6. The lowest BCUT2D eigenvalue weighted by atomic mass is 10.2. The van der Waals surface area contributed by atoms with E-state index in [4.69, 9.17) is 4.52 Å². The summed E-state index contributed by atoms with van der Waals surface area (Å²) in [6.07, 6.45) is 0. The van der Waals surface area contributed by atoms with Crippen molar-refractivity contribution in [1.82, 2.24) is 5.16 Å². The zero-order valence-electron chi connectivity index (χ0n) is 11.2. The molecule has 3 rings (SSSR count). The highest BCUT2D eigenvalue weighted by Crippen LogP contribution is 2.24. The lowest BCUT2D eigenvalue weighted by molar-refractivity contribution is 0.435. The van der Waals surface area contributed by atoms with Crippen molar-refractivity contribution in [3.63, 3.8) is 0 Å². The Hall–Kier alpha value is -2.67. The van der Waals surface area contributed by atoms with Crippen molar-refractivity contribution in [3.8, 4) is 11.3 Å². The van der Waals surface area contributed by atoms with Crippen LogP contribution in [-0.2, 0) is 10.0 Å².